The molecule has 11 heavy (non-hydrogen) atoms. The minimum Gasteiger partial charge on any atom is -0.390 e. The van der Waals surface area contributed by atoms with Crippen LogP contribution in [0.2, 0.25) is 0 Å². The van der Waals surface area contributed by atoms with Gasteiger partial charge in [-0.15, -0.1) is 0 Å². The topological polar surface area (TPSA) is 20.2 Å². The van der Waals surface area contributed by atoms with Gasteiger partial charge in [-0.3, -0.25) is 0 Å². The Labute approximate surface area is 70.4 Å². The maximum absolute atomic E-state index is 9.15. The molecule has 0 aromatic heterocycles. The van der Waals surface area contributed by atoms with Crippen LogP contribution in [0.4, 0.5) is 0 Å². The van der Waals surface area contributed by atoms with E-state index in [9.17, 15) is 0 Å². The molecule has 0 heterocycles. The molecule has 0 spiro atoms. The van der Waals surface area contributed by atoms with Crippen molar-refractivity contribution < 1.29 is 9.59 Å². The molecule has 0 radical (unpaired) electrons. The molecule has 0 aliphatic heterocycles. The zero-order valence-electron chi connectivity index (χ0n) is 8.46. The van der Waals surface area contributed by atoms with E-state index in [4.69, 9.17) is 5.11 Å². The molecule has 0 amide bonds. The largest absolute Gasteiger partial charge is 0.390 e. The normalized spacial score (nSPS) is 18.0. The van der Waals surface area contributed by atoms with Crippen molar-refractivity contribution in [3.63, 3.8) is 0 Å². The number of nitrogens with zero attached hydrogens (tertiary/aromatic N) is 1. The number of aliphatic hydroxyl groups excluding tert-OH is 1. The van der Waals surface area contributed by atoms with Gasteiger partial charge in [0.1, 0.15) is 6.04 Å². The maximum Gasteiger partial charge on any atom is 0.114 e. The predicted octanol–water partition coefficient (Wildman–Crippen LogP) is 1.10. The van der Waals surface area contributed by atoms with E-state index < -0.39 is 0 Å². The van der Waals surface area contributed by atoms with Gasteiger partial charge in [-0.1, -0.05) is 13.8 Å². The Morgan fingerprint density at radius 1 is 1.27 bits per heavy atom. The van der Waals surface area contributed by atoms with Gasteiger partial charge in [0, 0.05) is 5.92 Å². The first-order chi connectivity index (χ1) is 4.93. The summed E-state index contributed by atoms with van der Waals surface area (Å²) >= 11 is 0. The van der Waals surface area contributed by atoms with Crippen molar-refractivity contribution in [1.82, 2.24) is 0 Å². The van der Waals surface area contributed by atoms with Gasteiger partial charge >= 0.3 is 0 Å². The van der Waals surface area contributed by atoms with Crippen molar-refractivity contribution in [3.8, 4) is 0 Å². The molecule has 2 heteroatoms. The van der Waals surface area contributed by atoms with Crippen LogP contribution in [0.5, 0.6) is 0 Å². The Bertz CT molecular complexity index is 107. The van der Waals surface area contributed by atoms with Crippen molar-refractivity contribution in [1.29, 1.82) is 0 Å². The summed E-state index contributed by atoms with van der Waals surface area (Å²) in [5.41, 5.74) is 0. The van der Waals surface area contributed by atoms with Gasteiger partial charge < -0.3 is 9.59 Å². The number of likely N-dealkylation sites (N-methyl/N-ethyl adjacent to an activating group) is 1. The molecule has 0 aliphatic rings. The maximum atomic E-state index is 9.15. The van der Waals surface area contributed by atoms with E-state index in [0.717, 1.165) is 10.9 Å². The summed E-state index contributed by atoms with van der Waals surface area (Å²) in [5.74, 6) is 0.597. The number of quaternary nitrogens is 1. The summed E-state index contributed by atoms with van der Waals surface area (Å²) in [6, 6.07) is 0.375. The van der Waals surface area contributed by atoms with Crippen LogP contribution in [0.1, 0.15) is 20.3 Å². The lowest BCUT2D eigenvalue weighted by molar-refractivity contribution is -0.900. The molecule has 0 aromatic rings. The molecule has 2 nitrogen and oxygen atoms in total. The van der Waals surface area contributed by atoms with Crippen LogP contribution in [-0.4, -0.2) is 43.4 Å². The number of aliphatic hydroxyl groups is 1. The van der Waals surface area contributed by atoms with Crippen molar-refractivity contribution in [2.45, 2.75) is 26.3 Å². The Hall–Kier alpha value is -0.0800. The highest BCUT2D eigenvalue weighted by atomic mass is 16.3. The summed E-state index contributed by atoms with van der Waals surface area (Å²) < 4.78 is 0.853. The van der Waals surface area contributed by atoms with E-state index in [1.54, 1.807) is 0 Å². The van der Waals surface area contributed by atoms with Crippen molar-refractivity contribution in [3.05, 3.63) is 0 Å². The second-order valence-corrected chi connectivity index (χ2v) is 4.25. The number of hydrogen-bond donors (Lipinski definition) is 1. The molecule has 2 atom stereocenters. The third kappa shape index (κ3) is 3.21. The first kappa shape index (κ1) is 10.9. The molecule has 0 saturated heterocycles. The highest BCUT2D eigenvalue weighted by molar-refractivity contribution is 4.63. The monoisotopic (exact) mass is 160 g/mol. The van der Waals surface area contributed by atoms with E-state index in [-0.39, 0.29) is 0 Å². The molecular formula is C9H22NO+. The molecule has 0 fully saturated rings. The summed E-state index contributed by atoms with van der Waals surface area (Å²) in [7, 11) is 6.40. The van der Waals surface area contributed by atoms with Gasteiger partial charge in [0.05, 0.1) is 27.7 Å². The third-order valence-corrected chi connectivity index (χ3v) is 2.48. The average molecular weight is 160 g/mol. The van der Waals surface area contributed by atoms with Gasteiger partial charge in [0.25, 0.3) is 0 Å². The Balaban J connectivity index is 4.16. The standard InChI is InChI=1S/C9H22NO/c1-6-8(2)9(7-11)10(3,4)5/h8-9,11H,6-7H2,1-5H3/q+1. The molecule has 0 bridgehead atoms. The summed E-state index contributed by atoms with van der Waals surface area (Å²) in [4.78, 5) is 0. The first-order valence-electron chi connectivity index (χ1n) is 4.35. The second-order valence-electron chi connectivity index (χ2n) is 4.25. The van der Waals surface area contributed by atoms with Gasteiger partial charge in [-0.25, -0.2) is 0 Å². The fraction of sp³-hybridized carbons (Fsp3) is 1.00. The number of hydrogen-bond acceptors (Lipinski definition) is 1. The fourth-order valence-corrected chi connectivity index (χ4v) is 1.46. The van der Waals surface area contributed by atoms with E-state index in [2.05, 4.69) is 35.0 Å². The summed E-state index contributed by atoms with van der Waals surface area (Å²) in [6.45, 7) is 4.66. The average Bonchev–Trinajstić information content (AvgIpc) is 1.86. The molecule has 0 saturated carbocycles. The minimum absolute atomic E-state index is 0.290. The van der Waals surface area contributed by atoms with Crippen molar-refractivity contribution >= 4 is 0 Å². The first-order valence-corrected chi connectivity index (χ1v) is 4.35. The molecule has 0 aliphatic carbocycles. The van der Waals surface area contributed by atoms with E-state index in [1.165, 1.54) is 0 Å². The van der Waals surface area contributed by atoms with E-state index in [0.29, 0.717) is 18.6 Å². The smallest absolute Gasteiger partial charge is 0.114 e. The Morgan fingerprint density at radius 2 is 1.73 bits per heavy atom. The summed E-state index contributed by atoms with van der Waals surface area (Å²) in [5, 5.41) is 9.15. The molecule has 0 rings (SSSR count). The Morgan fingerprint density at radius 3 is 1.82 bits per heavy atom. The third-order valence-electron chi connectivity index (χ3n) is 2.48. The Kier molecular flexibility index (Phi) is 4.04. The van der Waals surface area contributed by atoms with Crippen LogP contribution in [0, 0.1) is 5.92 Å². The van der Waals surface area contributed by atoms with Gasteiger partial charge in [0.15, 0.2) is 0 Å². The van der Waals surface area contributed by atoms with Crippen LogP contribution >= 0.6 is 0 Å². The molecule has 1 N–H and O–H groups in total. The quantitative estimate of drug-likeness (QED) is 0.611. The lowest BCUT2D eigenvalue weighted by atomic mass is 9.98. The summed E-state index contributed by atoms with van der Waals surface area (Å²) in [6.07, 6.45) is 1.14. The zero-order chi connectivity index (χ0) is 9.07. The van der Waals surface area contributed by atoms with Crippen molar-refractivity contribution in [2.75, 3.05) is 27.7 Å². The van der Waals surface area contributed by atoms with Gasteiger partial charge in [0.2, 0.25) is 0 Å². The molecular weight excluding hydrogens is 138 g/mol. The van der Waals surface area contributed by atoms with Crippen LogP contribution in [0.25, 0.3) is 0 Å². The van der Waals surface area contributed by atoms with Crippen LogP contribution in [-0.2, 0) is 0 Å². The lowest BCUT2D eigenvalue weighted by Gasteiger charge is -2.36. The van der Waals surface area contributed by atoms with Gasteiger partial charge in [-0.05, 0) is 6.42 Å². The lowest BCUT2D eigenvalue weighted by Crippen LogP contribution is -2.50. The number of rotatable bonds is 4. The van der Waals surface area contributed by atoms with Crippen LogP contribution < -0.4 is 0 Å². The second kappa shape index (κ2) is 4.07. The van der Waals surface area contributed by atoms with E-state index >= 15 is 0 Å². The molecule has 0 aromatic carbocycles. The predicted molar refractivity (Wildman–Crippen MR) is 48.4 cm³/mol. The highest BCUT2D eigenvalue weighted by Crippen LogP contribution is 2.15. The fourth-order valence-electron chi connectivity index (χ4n) is 1.46. The zero-order valence-corrected chi connectivity index (χ0v) is 8.46. The highest BCUT2D eigenvalue weighted by Gasteiger charge is 2.27. The van der Waals surface area contributed by atoms with Crippen LogP contribution in [0.15, 0.2) is 0 Å². The van der Waals surface area contributed by atoms with Gasteiger partial charge in [-0.2, -0.15) is 0 Å². The SMILES string of the molecule is CCC(C)C(CO)[N+](C)(C)C. The van der Waals surface area contributed by atoms with E-state index in [1.807, 2.05) is 0 Å². The molecule has 68 valence electrons. The van der Waals surface area contributed by atoms with Crippen molar-refractivity contribution in [2.24, 2.45) is 5.92 Å². The minimum atomic E-state index is 0.290. The van der Waals surface area contributed by atoms with Crippen LogP contribution in [0.3, 0.4) is 0 Å². The molecule has 2 unspecified atom stereocenters.